The number of carboxylic acid groups (broad SMARTS) is 1. The number of nitrogens with zero attached hydrogens (tertiary/aromatic N) is 6. The van der Waals surface area contributed by atoms with Crippen LogP contribution >= 0.6 is 11.6 Å². The van der Waals surface area contributed by atoms with Crippen LogP contribution in [0.25, 0.3) is 38.5 Å². The number of aryl methyl sites for hydroxylation is 1. The van der Waals surface area contributed by atoms with Crippen LogP contribution in [-0.2, 0) is 20.1 Å². The van der Waals surface area contributed by atoms with Gasteiger partial charge in [-0.3, -0.25) is 14.2 Å². The number of aromatic carboxylic acids is 1. The van der Waals surface area contributed by atoms with E-state index in [1.54, 1.807) is 61.2 Å². The Morgan fingerprint density at radius 1 is 1.00 bits per heavy atom. The van der Waals surface area contributed by atoms with Gasteiger partial charge in [-0.15, -0.1) is 0 Å². The summed E-state index contributed by atoms with van der Waals surface area (Å²) in [7, 11) is 1.79. The second-order valence-electron chi connectivity index (χ2n) is 11.4. The molecule has 3 aromatic heterocycles. The predicted octanol–water partition coefficient (Wildman–Crippen LogP) is 6.17. The van der Waals surface area contributed by atoms with Crippen LogP contribution in [0, 0.1) is 17.5 Å². The van der Waals surface area contributed by atoms with Crippen LogP contribution in [0.2, 0.25) is 5.02 Å². The Morgan fingerprint density at radius 3 is 2.46 bits per heavy atom. The summed E-state index contributed by atoms with van der Waals surface area (Å²) in [5.74, 6) is -4.03. The summed E-state index contributed by atoms with van der Waals surface area (Å²) in [4.78, 5) is 47.8. The van der Waals surface area contributed by atoms with E-state index in [0.29, 0.717) is 49.8 Å². The monoisotopic (exact) mass is 728 g/mol. The highest BCUT2D eigenvalue weighted by molar-refractivity contribution is 6.34. The van der Waals surface area contributed by atoms with Gasteiger partial charge in [-0.05, 0) is 48.4 Å². The molecule has 0 spiro atoms. The minimum Gasteiger partial charge on any atom is -0.478 e. The second-order valence-corrected chi connectivity index (χ2v) is 11.8. The first-order valence-corrected chi connectivity index (χ1v) is 16.0. The molecule has 0 aliphatic carbocycles. The molecule has 0 unspecified atom stereocenters. The van der Waals surface area contributed by atoms with Gasteiger partial charge in [-0.1, -0.05) is 41.9 Å². The standard InChI is InChI=1S/C30H25ClN8O4.C6H3F3/c1-3-38-28(34-26-20(12-32)21-15-37(2)36-23(21)11-22(26)31)35-29(42)39(30(38)43)24-14-33-13-18-8-5-9-19(25(18)24)16-6-4-7-17(10-16)27(40)41;7-4-1-2-5(8)6(9)3-4/h4-11,13-15H,3,12,32H2,1-2H3,(H,40,41)(H,34,35,42);1-3H. The smallest absolute Gasteiger partial charge is 0.359 e. The Kier molecular flexibility index (Phi) is 9.90. The second kappa shape index (κ2) is 14.5. The van der Waals surface area contributed by atoms with E-state index in [1.165, 1.54) is 22.9 Å². The van der Waals surface area contributed by atoms with E-state index in [0.717, 1.165) is 22.1 Å². The highest BCUT2D eigenvalue weighted by Crippen LogP contribution is 2.35. The minimum absolute atomic E-state index is 0.00355. The first-order chi connectivity index (χ1) is 24.9. The van der Waals surface area contributed by atoms with Gasteiger partial charge in [0, 0.05) is 60.3 Å². The maximum Gasteiger partial charge on any atom is 0.359 e. The number of halogens is 4. The van der Waals surface area contributed by atoms with Gasteiger partial charge >= 0.3 is 17.3 Å². The third-order valence-corrected chi connectivity index (χ3v) is 8.42. The van der Waals surface area contributed by atoms with Crippen molar-refractivity contribution in [3.8, 4) is 16.8 Å². The van der Waals surface area contributed by atoms with Gasteiger partial charge in [0.25, 0.3) is 0 Å². The van der Waals surface area contributed by atoms with Gasteiger partial charge in [0.15, 0.2) is 11.6 Å². The third kappa shape index (κ3) is 6.74. The van der Waals surface area contributed by atoms with Gasteiger partial charge in [0.05, 0.1) is 33.7 Å². The molecule has 4 N–H and O–H groups in total. The van der Waals surface area contributed by atoms with E-state index in [9.17, 15) is 32.7 Å². The molecule has 0 bridgehead atoms. The Morgan fingerprint density at radius 2 is 1.77 bits per heavy atom. The van der Waals surface area contributed by atoms with Crippen LogP contribution in [0.5, 0.6) is 0 Å². The van der Waals surface area contributed by atoms with Gasteiger partial charge in [-0.25, -0.2) is 32.1 Å². The van der Waals surface area contributed by atoms with Crippen molar-refractivity contribution in [2.45, 2.75) is 20.0 Å². The van der Waals surface area contributed by atoms with Crippen molar-refractivity contribution in [2.75, 3.05) is 5.32 Å². The number of carboxylic acids is 1. The lowest BCUT2D eigenvalue weighted by molar-refractivity contribution is 0.0697. The molecular weight excluding hydrogens is 701 g/mol. The number of carbonyl (C=O) groups is 1. The quantitative estimate of drug-likeness (QED) is 0.163. The molecule has 52 heavy (non-hydrogen) atoms. The van der Waals surface area contributed by atoms with Crippen molar-refractivity contribution in [2.24, 2.45) is 12.8 Å². The number of hydrogen-bond donors (Lipinski definition) is 3. The lowest BCUT2D eigenvalue weighted by atomic mass is 9.97. The molecule has 7 rings (SSSR count). The topological polar surface area (TPSA) is 163 Å². The lowest BCUT2D eigenvalue weighted by Crippen LogP contribution is -2.41. The number of nitrogens with one attached hydrogen (secondary N) is 1. The number of fused-ring (bicyclic) bond motifs is 2. The van der Waals surface area contributed by atoms with Crippen molar-refractivity contribution in [3.63, 3.8) is 0 Å². The van der Waals surface area contributed by atoms with Crippen molar-refractivity contribution in [3.05, 3.63) is 140 Å². The van der Waals surface area contributed by atoms with E-state index in [1.807, 2.05) is 6.20 Å². The fourth-order valence-corrected chi connectivity index (χ4v) is 6.04. The zero-order valence-electron chi connectivity index (χ0n) is 27.4. The molecular formula is C36H28ClF3N8O4. The normalized spacial score (nSPS) is 11.1. The maximum absolute atomic E-state index is 14.0. The number of benzene rings is 4. The average Bonchev–Trinajstić information content (AvgIpc) is 3.49. The van der Waals surface area contributed by atoms with Crippen LogP contribution in [0.1, 0.15) is 22.8 Å². The van der Waals surface area contributed by atoms with Gasteiger partial charge < -0.3 is 16.2 Å². The molecule has 7 aromatic rings. The number of aromatic nitrogens is 6. The third-order valence-electron chi connectivity index (χ3n) is 8.12. The summed E-state index contributed by atoms with van der Waals surface area (Å²) < 4.78 is 39.8. The SMILES string of the molecule is CCn1c(Nc2c(Cl)cc3nn(C)cc3c2CN)nc(=O)n(-c2cncc3cccc(-c4cccc(C(=O)O)c4)c23)c1=O.Fc1ccc(F)c(F)c1. The molecule has 0 aliphatic heterocycles. The van der Waals surface area contributed by atoms with E-state index < -0.39 is 34.8 Å². The zero-order valence-corrected chi connectivity index (χ0v) is 28.2. The number of hydrogen-bond acceptors (Lipinski definition) is 8. The van der Waals surface area contributed by atoms with E-state index in [-0.39, 0.29) is 30.3 Å². The van der Waals surface area contributed by atoms with Crippen molar-refractivity contribution in [1.82, 2.24) is 28.9 Å². The molecule has 0 radical (unpaired) electrons. The fraction of sp³-hybridized carbons (Fsp3) is 0.111. The molecule has 0 amide bonds. The fourth-order valence-electron chi connectivity index (χ4n) is 5.77. The van der Waals surface area contributed by atoms with Crippen LogP contribution in [0.3, 0.4) is 0 Å². The van der Waals surface area contributed by atoms with Crippen LogP contribution in [-0.4, -0.2) is 40.0 Å². The molecule has 0 saturated heterocycles. The molecule has 4 aromatic carbocycles. The molecule has 0 aliphatic rings. The number of rotatable bonds is 7. The van der Waals surface area contributed by atoms with Crippen molar-refractivity contribution >= 4 is 50.9 Å². The highest BCUT2D eigenvalue weighted by atomic mass is 35.5. The summed E-state index contributed by atoms with van der Waals surface area (Å²) in [5, 5.41) is 19.3. The minimum atomic E-state index is -1.16. The largest absolute Gasteiger partial charge is 0.478 e. The van der Waals surface area contributed by atoms with Crippen LogP contribution in [0.15, 0.2) is 94.9 Å². The number of pyridine rings is 1. The molecule has 264 valence electrons. The molecule has 16 heteroatoms. The van der Waals surface area contributed by atoms with E-state index >= 15 is 0 Å². The molecule has 0 saturated carbocycles. The summed E-state index contributed by atoms with van der Waals surface area (Å²) in [6.07, 6.45) is 4.85. The summed E-state index contributed by atoms with van der Waals surface area (Å²) >= 11 is 6.61. The number of nitrogens with two attached hydrogens (primary N) is 1. The van der Waals surface area contributed by atoms with Crippen molar-refractivity contribution < 1.29 is 23.1 Å². The average molecular weight is 729 g/mol. The molecule has 3 heterocycles. The Hall–Kier alpha value is -6.32. The predicted molar refractivity (Wildman–Crippen MR) is 191 cm³/mol. The van der Waals surface area contributed by atoms with E-state index in [2.05, 4.69) is 20.4 Å². The number of anilines is 2. The first kappa shape index (κ1) is 35.5. The maximum atomic E-state index is 14.0. The molecule has 0 fully saturated rings. The highest BCUT2D eigenvalue weighted by Gasteiger charge is 2.21. The Labute approximate surface area is 297 Å². The summed E-state index contributed by atoms with van der Waals surface area (Å²) in [5.41, 5.74) is 7.87. The van der Waals surface area contributed by atoms with Gasteiger partial charge in [0.1, 0.15) is 5.82 Å². The van der Waals surface area contributed by atoms with Crippen LogP contribution < -0.4 is 22.4 Å². The van der Waals surface area contributed by atoms with Crippen LogP contribution in [0.4, 0.5) is 24.8 Å². The summed E-state index contributed by atoms with van der Waals surface area (Å²) in [6, 6.07) is 15.6. The van der Waals surface area contributed by atoms with E-state index in [4.69, 9.17) is 17.3 Å². The Balaban J connectivity index is 0.000000451. The Bertz CT molecular complexity index is 2640. The molecule has 0 atom stereocenters. The summed E-state index contributed by atoms with van der Waals surface area (Å²) in [6.45, 7) is 2.04. The molecule has 12 nitrogen and oxygen atoms in total. The zero-order chi connectivity index (χ0) is 37.3. The van der Waals surface area contributed by atoms with Gasteiger partial charge in [-0.2, -0.15) is 10.1 Å². The van der Waals surface area contributed by atoms with Crippen molar-refractivity contribution in [1.29, 1.82) is 0 Å². The first-order valence-electron chi connectivity index (χ1n) is 15.6. The van der Waals surface area contributed by atoms with Gasteiger partial charge in [0.2, 0.25) is 5.95 Å². The lowest BCUT2D eigenvalue weighted by Gasteiger charge is -2.18.